The van der Waals surface area contributed by atoms with Crippen LogP contribution in [0.3, 0.4) is 0 Å². The normalized spacial score (nSPS) is 21.9. The predicted molar refractivity (Wildman–Crippen MR) is 93.8 cm³/mol. The first kappa shape index (κ1) is 20.5. The fourth-order valence-corrected chi connectivity index (χ4v) is 3.48. The third-order valence-corrected chi connectivity index (χ3v) is 4.96. The molecule has 6 nitrogen and oxygen atoms in total. The van der Waals surface area contributed by atoms with Gasteiger partial charge in [0.05, 0.1) is 5.92 Å². The van der Waals surface area contributed by atoms with Crippen molar-refractivity contribution in [1.29, 1.82) is 0 Å². The lowest BCUT2D eigenvalue weighted by molar-refractivity contribution is -0.131. The van der Waals surface area contributed by atoms with E-state index in [1.165, 1.54) is 32.1 Å². The van der Waals surface area contributed by atoms with Gasteiger partial charge in [0.25, 0.3) is 0 Å². The number of hydrogen-bond acceptors (Lipinski definition) is 3. The van der Waals surface area contributed by atoms with Crippen molar-refractivity contribution in [3.63, 3.8) is 0 Å². The van der Waals surface area contributed by atoms with Crippen LogP contribution in [0.25, 0.3) is 0 Å². The van der Waals surface area contributed by atoms with Crippen molar-refractivity contribution in [3.8, 4) is 0 Å². The molecule has 1 rings (SSSR count). The molecule has 1 saturated carbocycles. The van der Waals surface area contributed by atoms with Crippen LogP contribution < -0.4 is 16.8 Å². The maximum absolute atomic E-state index is 12.1. The van der Waals surface area contributed by atoms with Crippen molar-refractivity contribution in [2.45, 2.75) is 83.6 Å². The summed E-state index contributed by atoms with van der Waals surface area (Å²) < 4.78 is 0. The maximum atomic E-state index is 12.1. The highest BCUT2D eigenvalue weighted by atomic mass is 16.2. The molecule has 0 aromatic rings. The van der Waals surface area contributed by atoms with Crippen LogP contribution in [0.1, 0.15) is 77.6 Å². The lowest BCUT2D eigenvalue weighted by atomic mass is 9.83. The third kappa shape index (κ3) is 8.31. The Kier molecular flexibility index (Phi) is 9.42. The summed E-state index contributed by atoms with van der Waals surface area (Å²) in [7, 11) is 0. The number of nitrogens with two attached hydrogens (primary N) is 2. The molecule has 1 aliphatic carbocycles. The molecular formula is C18H33N3O3. The Morgan fingerprint density at radius 3 is 2.21 bits per heavy atom. The summed E-state index contributed by atoms with van der Waals surface area (Å²) in [5, 5.41) is 2.98. The molecule has 0 aliphatic heterocycles. The number of rotatable bonds is 11. The van der Waals surface area contributed by atoms with Crippen LogP contribution in [0.5, 0.6) is 0 Å². The van der Waals surface area contributed by atoms with E-state index in [9.17, 15) is 14.4 Å². The summed E-state index contributed by atoms with van der Waals surface area (Å²) >= 11 is 0. The second-order valence-corrected chi connectivity index (χ2v) is 7.11. The number of amides is 3. The molecule has 0 aromatic heterocycles. The van der Waals surface area contributed by atoms with Gasteiger partial charge in [-0.2, -0.15) is 0 Å². The van der Waals surface area contributed by atoms with Gasteiger partial charge in [0.2, 0.25) is 17.7 Å². The zero-order chi connectivity index (χ0) is 17.9. The molecule has 0 aromatic carbocycles. The number of carbonyl (C=O) groups is 3. The van der Waals surface area contributed by atoms with Gasteiger partial charge in [-0.3, -0.25) is 14.4 Å². The topological polar surface area (TPSA) is 115 Å². The van der Waals surface area contributed by atoms with Crippen LogP contribution in [0, 0.1) is 11.8 Å². The van der Waals surface area contributed by atoms with Crippen LogP contribution in [0.2, 0.25) is 0 Å². The van der Waals surface area contributed by atoms with E-state index < -0.39 is 17.7 Å². The predicted octanol–water partition coefficient (Wildman–Crippen LogP) is 2.00. The molecule has 1 unspecified atom stereocenters. The first-order valence-electron chi connectivity index (χ1n) is 9.29. The van der Waals surface area contributed by atoms with E-state index >= 15 is 0 Å². The van der Waals surface area contributed by atoms with Crippen LogP contribution in [0.15, 0.2) is 0 Å². The molecule has 1 atom stereocenters. The average Bonchev–Trinajstić information content (AvgIpc) is 2.52. The van der Waals surface area contributed by atoms with Crippen LogP contribution in [0.4, 0.5) is 0 Å². The Balaban J connectivity index is 2.26. The van der Waals surface area contributed by atoms with Gasteiger partial charge in [-0.05, 0) is 31.6 Å². The minimum atomic E-state index is -0.808. The summed E-state index contributed by atoms with van der Waals surface area (Å²) in [6, 6.07) is 0.173. The fourth-order valence-electron chi connectivity index (χ4n) is 3.48. The van der Waals surface area contributed by atoms with Gasteiger partial charge in [0, 0.05) is 18.9 Å². The maximum Gasteiger partial charge on any atom is 0.221 e. The minimum Gasteiger partial charge on any atom is -0.370 e. The first-order valence-corrected chi connectivity index (χ1v) is 9.29. The van der Waals surface area contributed by atoms with E-state index in [4.69, 9.17) is 11.5 Å². The molecule has 0 spiro atoms. The number of nitrogens with one attached hydrogen (secondary N) is 1. The molecule has 1 aliphatic rings. The van der Waals surface area contributed by atoms with Crippen molar-refractivity contribution in [3.05, 3.63) is 0 Å². The van der Waals surface area contributed by atoms with E-state index in [2.05, 4.69) is 12.2 Å². The molecule has 138 valence electrons. The quantitative estimate of drug-likeness (QED) is 0.500. The fraction of sp³-hybridized carbons (Fsp3) is 0.833. The summed E-state index contributed by atoms with van der Waals surface area (Å²) in [5.74, 6) is -1.51. The highest BCUT2D eigenvalue weighted by molar-refractivity contribution is 5.88. The highest BCUT2D eigenvalue weighted by Crippen LogP contribution is 2.28. The largest absolute Gasteiger partial charge is 0.370 e. The van der Waals surface area contributed by atoms with Crippen molar-refractivity contribution < 1.29 is 14.4 Å². The number of primary amides is 2. The zero-order valence-corrected chi connectivity index (χ0v) is 14.9. The van der Waals surface area contributed by atoms with Gasteiger partial charge in [-0.1, -0.05) is 39.0 Å². The molecule has 0 bridgehead atoms. The van der Waals surface area contributed by atoms with Crippen LogP contribution >= 0.6 is 0 Å². The molecular weight excluding hydrogens is 306 g/mol. The van der Waals surface area contributed by atoms with E-state index in [1.807, 2.05) is 0 Å². The zero-order valence-electron chi connectivity index (χ0n) is 14.9. The second kappa shape index (κ2) is 11.0. The molecule has 1 fully saturated rings. The molecule has 0 radical (unpaired) electrons. The lowest BCUT2D eigenvalue weighted by Gasteiger charge is -2.29. The third-order valence-electron chi connectivity index (χ3n) is 4.96. The van der Waals surface area contributed by atoms with Gasteiger partial charge in [0.15, 0.2) is 0 Å². The summed E-state index contributed by atoms with van der Waals surface area (Å²) in [4.78, 5) is 34.3. The van der Waals surface area contributed by atoms with Crippen LogP contribution in [-0.4, -0.2) is 23.8 Å². The van der Waals surface area contributed by atoms with E-state index in [-0.39, 0.29) is 24.8 Å². The summed E-state index contributed by atoms with van der Waals surface area (Å²) in [6.07, 6.45) is 10.5. The van der Waals surface area contributed by atoms with E-state index in [0.29, 0.717) is 0 Å². The van der Waals surface area contributed by atoms with Gasteiger partial charge in [-0.25, -0.2) is 0 Å². The number of carbonyl (C=O) groups excluding carboxylic acids is 3. The van der Waals surface area contributed by atoms with Gasteiger partial charge < -0.3 is 16.8 Å². The van der Waals surface area contributed by atoms with Gasteiger partial charge in [-0.15, -0.1) is 0 Å². The first-order chi connectivity index (χ1) is 11.4. The monoisotopic (exact) mass is 339 g/mol. The van der Waals surface area contributed by atoms with Gasteiger partial charge in [0.1, 0.15) is 0 Å². The summed E-state index contributed by atoms with van der Waals surface area (Å²) in [5.41, 5.74) is 10.3. The number of unbranched alkanes of at least 4 members (excludes halogenated alkanes) is 3. The Morgan fingerprint density at radius 1 is 1.00 bits per heavy atom. The molecule has 5 N–H and O–H groups in total. The molecule has 6 heteroatoms. The van der Waals surface area contributed by atoms with Crippen molar-refractivity contribution in [2.75, 3.05) is 0 Å². The smallest absolute Gasteiger partial charge is 0.221 e. The second-order valence-electron chi connectivity index (χ2n) is 7.11. The minimum absolute atomic E-state index is 0.0603. The van der Waals surface area contributed by atoms with E-state index in [1.54, 1.807) is 0 Å². The van der Waals surface area contributed by atoms with Crippen molar-refractivity contribution >= 4 is 17.7 Å². The average molecular weight is 339 g/mol. The van der Waals surface area contributed by atoms with Crippen molar-refractivity contribution in [2.24, 2.45) is 23.3 Å². The molecule has 3 amide bonds. The van der Waals surface area contributed by atoms with Gasteiger partial charge >= 0.3 is 0 Å². The van der Waals surface area contributed by atoms with Crippen molar-refractivity contribution in [1.82, 2.24) is 5.32 Å². The molecule has 0 heterocycles. The van der Waals surface area contributed by atoms with Crippen LogP contribution in [-0.2, 0) is 14.4 Å². The number of hydrogen-bond donors (Lipinski definition) is 3. The Labute approximate surface area is 145 Å². The Bertz CT molecular complexity index is 418. The molecule has 0 saturated heterocycles. The molecule has 24 heavy (non-hydrogen) atoms. The highest BCUT2D eigenvalue weighted by Gasteiger charge is 2.25. The Morgan fingerprint density at radius 2 is 1.67 bits per heavy atom. The lowest BCUT2D eigenvalue weighted by Crippen LogP contribution is -2.40. The Hall–Kier alpha value is -1.59. The van der Waals surface area contributed by atoms with E-state index in [0.717, 1.165) is 31.6 Å². The SMILES string of the molecule is CCCCCCC1CCC(NC(=O)CC(CC(N)=O)C(N)=O)CC1. The summed E-state index contributed by atoms with van der Waals surface area (Å²) in [6.45, 7) is 2.22. The standard InChI is InChI=1S/C18H33N3O3/c1-2-3-4-5-6-13-7-9-15(10-8-13)21-17(23)12-14(18(20)24)11-16(19)22/h13-15H,2-12H2,1H3,(H2,19,22)(H2,20,24)(H,21,23).